The minimum Gasteiger partial charge on any atom is -0.454 e. The monoisotopic (exact) mass is 442 g/mol. The third kappa shape index (κ3) is 3.76. The van der Waals surface area contributed by atoms with Crippen LogP contribution in [0.15, 0.2) is 42.0 Å². The first-order chi connectivity index (χ1) is 14.7. The first-order valence-corrected chi connectivity index (χ1v) is 11.1. The summed E-state index contributed by atoms with van der Waals surface area (Å²) in [6, 6.07) is 10.5. The molecule has 2 aliphatic rings. The van der Waals surface area contributed by atoms with Gasteiger partial charge in [-0.3, -0.25) is 9.59 Å². The van der Waals surface area contributed by atoms with Gasteiger partial charge in [-0.1, -0.05) is 24.3 Å². The van der Waals surface area contributed by atoms with Gasteiger partial charge >= 0.3 is 0 Å². The van der Waals surface area contributed by atoms with E-state index >= 15 is 0 Å². The van der Waals surface area contributed by atoms with Crippen molar-refractivity contribution in [1.82, 2.24) is 9.62 Å². The predicted octanol–water partition coefficient (Wildman–Crippen LogP) is 2.25. The molecule has 0 bridgehead atoms. The summed E-state index contributed by atoms with van der Waals surface area (Å²) in [5, 5.41) is 2.65. The summed E-state index contributed by atoms with van der Waals surface area (Å²) in [5.41, 5.74) is 3.24. The number of carbonyl (C=O) groups is 2. The molecule has 2 heterocycles. The molecule has 31 heavy (non-hydrogen) atoms. The maximum Gasteiger partial charge on any atom is 0.268 e. The number of benzene rings is 2. The summed E-state index contributed by atoms with van der Waals surface area (Å²) < 4.78 is 37.3. The molecule has 2 aliphatic heterocycles. The van der Waals surface area contributed by atoms with Gasteiger partial charge in [-0.2, -0.15) is 0 Å². The van der Waals surface area contributed by atoms with Crippen molar-refractivity contribution in [3.8, 4) is 11.5 Å². The molecule has 162 valence electrons. The van der Waals surface area contributed by atoms with Crippen molar-refractivity contribution in [2.45, 2.75) is 27.3 Å². The highest BCUT2D eigenvalue weighted by molar-refractivity contribution is 7.99. The molecule has 2 aromatic carbocycles. The summed E-state index contributed by atoms with van der Waals surface area (Å²) in [6.45, 7) is 4.99. The van der Waals surface area contributed by atoms with Crippen molar-refractivity contribution in [1.29, 1.82) is 0 Å². The second-order valence-electron chi connectivity index (χ2n) is 7.53. The number of hydrogen-bond donors (Lipinski definition) is 1. The van der Waals surface area contributed by atoms with Crippen LogP contribution in [0.3, 0.4) is 0 Å². The quantitative estimate of drug-likeness (QED) is 0.762. The molecule has 9 heteroatoms. The predicted molar refractivity (Wildman–Crippen MR) is 114 cm³/mol. The standard InChI is InChI=1S/C22H22N2O6S/c1-13-4-6-17(8-14(13)2)21-15(3)22(26)24(31(21,27)28)11-20(25)23-10-16-5-7-18-19(9-16)30-12-29-18/h4-9H,10-12H2,1-3H3,(H,23,25). The minimum absolute atomic E-state index is 0.0517. The molecule has 8 nitrogen and oxygen atoms in total. The van der Waals surface area contributed by atoms with Gasteiger partial charge in [0.15, 0.2) is 11.5 Å². The second-order valence-corrected chi connectivity index (χ2v) is 9.33. The Morgan fingerprint density at radius 3 is 2.52 bits per heavy atom. The van der Waals surface area contributed by atoms with E-state index in [1.165, 1.54) is 6.92 Å². The Kier molecular flexibility index (Phi) is 5.22. The molecule has 0 fully saturated rings. The van der Waals surface area contributed by atoms with Gasteiger partial charge < -0.3 is 14.8 Å². The third-order valence-electron chi connectivity index (χ3n) is 5.42. The fourth-order valence-corrected chi connectivity index (χ4v) is 5.30. The average Bonchev–Trinajstić information content (AvgIpc) is 3.25. The minimum atomic E-state index is -4.13. The lowest BCUT2D eigenvalue weighted by atomic mass is 10.0. The van der Waals surface area contributed by atoms with Gasteiger partial charge in [-0.15, -0.1) is 0 Å². The van der Waals surface area contributed by atoms with E-state index in [1.807, 2.05) is 19.9 Å². The van der Waals surface area contributed by atoms with E-state index in [0.29, 0.717) is 21.4 Å². The van der Waals surface area contributed by atoms with Crippen molar-refractivity contribution in [3.63, 3.8) is 0 Å². The number of ether oxygens (including phenoxy) is 2. The molecule has 0 spiro atoms. The molecule has 0 radical (unpaired) electrons. The van der Waals surface area contributed by atoms with E-state index in [0.717, 1.165) is 16.7 Å². The molecule has 4 rings (SSSR count). The van der Waals surface area contributed by atoms with Crippen LogP contribution in [0.25, 0.3) is 4.91 Å². The summed E-state index contributed by atoms with van der Waals surface area (Å²) in [5.74, 6) is -0.0543. The summed E-state index contributed by atoms with van der Waals surface area (Å²) in [4.78, 5) is 25.1. The molecule has 0 unspecified atom stereocenters. The highest BCUT2D eigenvalue weighted by Crippen LogP contribution is 2.36. The SMILES string of the molecule is CC1=C(c2ccc(C)c(C)c2)S(=O)(=O)N(CC(=O)NCc2ccc3c(c2)OCO3)C1=O. The number of amides is 2. The van der Waals surface area contributed by atoms with E-state index in [4.69, 9.17) is 9.47 Å². The number of nitrogens with one attached hydrogen (secondary N) is 1. The van der Waals surface area contributed by atoms with Crippen LogP contribution in [0.2, 0.25) is 0 Å². The number of fused-ring (bicyclic) bond motifs is 1. The van der Waals surface area contributed by atoms with Crippen LogP contribution < -0.4 is 14.8 Å². The first-order valence-electron chi connectivity index (χ1n) is 9.69. The fraction of sp³-hybridized carbons (Fsp3) is 0.273. The summed E-state index contributed by atoms with van der Waals surface area (Å²) in [7, 11) is -4.13. The van der Waals surface area contributed by atoms with Crippen LogP contribution in [0.5, 0.6) is 11.5 Å². The van der Waals surface area contributed by atoms with Gasteiger partial charge in [-0.25, -0.2) is 12.7 Å². The van der Waals surface area contributed by atoms with E-state index in [9.17, 15) is 18.0 Å². The molecule has 2 aromatic rings. The van der Waals surface area contributed by atoms with Crippen molar-refractivity contribution in [2.24, 2.45) is 0 Å². The zero-order valence-corrected chi connectivity index (χ0v) is 18.2. The average molecular weight is 442 g/mol. The van der Waals surface area contributed by atoms with E-state index in [-0.39, 0.29) is 23.8 Å². The van der Waals surface area contributed by atoms with Crippen molar-refractivity contribution in [2.75, 3.05) is 13.3 Å². The zero-order chi connectivity index (χ0) is 22.3. The molecule has 1 N–H and O–H groups in total. The Labute approximate surface area is 180 Å². The van der Waals surface area contributed by atoms with Gasteiger partial charge in [0, 0.05) is 12.1 Å². The zero-order valence-electron chi connectivity index (χ0n) is 17.4. The van der Waals surface area contributed by atoms with Gasteiger partial charge in [0.2, 0.25) is 12.7 Å². The molecule has 0 aliphatic carbocycles. The molecular formula is C22H22N2O6S. The fourth-order valence-electron chi connectivity index (χ4n) is 3.54. The van der Waals surface area contributed by atoms with Crippen LogP contribution >= 0.6 is 0 Å². The molecule has 0 saturated carbocycles. The Hall–Kier alpha value is -3.33. The maximum absolute atomic E-state index is 13.1. The molecular weight excluding hydrogens is 420 g/mol. The largest absolute Gasteiger partial charge is 0.454 e. The van der Waals surface area contributed by atoms with Crippen LogP contribution in [0.1, 0.15) is 29.2 Å². The maximum atomic E-state index is 13.1. The number of sulfonamides is 1. The van der Waals surface area contributed by atoms with Crippen LogP contribution in [0, 0.1) is 13.8 Å². The Balaban J connectivity index is 1.48. The van der Waals surface area contributed by atoms with Crippen molar-refractivity contribution in [3.05, 3.63) is 64.2 Å². The van der Waals surface area contributed by atoms with Crippen molar-refractivity contribution < 1.29 is 27.5 Å². The van der Waals surface area contributed by atoms with Gasteiger partial charge in [0.25, 0.3) is 15.9 Å². The van der Waals surface area contributed by atoms with E-state index < -0.39 is 28.4 Å². The number of rotatable bonds is 5. The van der Waals surface area contributed by atoms with Crippen LogP contribution in [0.4, 0.5) is 0 Å². The summed E-state index contributed by atoms with van der Waals surface area (Å²) in [6.07, 6.45) is 0. The lowest BCUT2D eigenvalue weighted by Crippen LogP contribution is -2.40. The number of nitrogens with zero attached hydrogens (tertiary/aromatic N) is 1. The molecule has 0 aromatic heterocycles. The van der Waals surface area contributed by atoms with Crippen molar-refractivity contribution >= 4 is 26.7 Å². The Morgan fingerprint density at radius 1 is 1.03 bits per heavy atom. The number of aryl methyl sites for hydroxylation is 2. The first kappa shape index (κ1) is 20.9. The number of carbonyl (C=O) groups excluding carboxylic acids is 2. The van der Waals surface area contributed by atoms with Crippen LogP contribution in [-0.4, -0.2) is 37.9 Å². The lowest BCUT2D eigenvalue weighted by Gasteiger charge is -2.17. The molecule has 0 atom stereocenters. The van der Waals surface area contributed by atoms with Crippen LogP contribution in [-0.2, 0) is 26.2 Å². The normalized spacial score (nSPS) is 16.7. The topological polar surface area (TPSA) is 102 Å². The van der Waals surface area contributed by atoms with Gasteiger partial charge in [0.1, 0.15) is 11.4 Å². The van der Waals surface area contributed by atoms with Gasteiger partial charge in [0.05, 0.1) is 0 Å². The highest BCUT2D eigenvalue weighted by Gasteiger charge is 2.43. The summed E-state index contributed by atoms with van der Waals surface area (Å²) >= 11 is 0. The molecule has 0 saturated heterocycles. The smallest absolute Gasteiger partial charge is 0.268 e. The van der Waals surface area contributed by atoms with E-state index in [1.54, 1.807) is 30.3 Å². The third-order valence-corrected chi connectivity index (χ3v) is 7.35. The van der Waals surface area contributed by atoms with Gasteiger partial charge in [-0.05, 0) is 55.2 Å². The second kappa shape index (κ2) is 7.73. The Bertz CT molecular complexity index is 1230. The van der Waals surface area contributed by atoms with E-state index in [2.05, 4.69) is 5.32 Å². The highest BCUT2D eigenvalue weighted by atomic mass is 32.2. The lowest BCUT2D eigenvalue weighted by molar-refractivity contribution is -0.128. The number of hydrogen-bond acceptors (Lipinski definition) is 6. The molecule has 2 amide bonds. The Morgan fingerprint density at radius 2 is 1.77 bits per heavy atom.